The average Bonchev–Trinajstić information content (AvgIpc) is 2.29. The Hall–Kier alpha value is -2.24. The van der Waals surface area contributed by atoms with Crippen LogP contribution in [0.4, 0.5) is 5.69 Å². The number of carbonyl (C=O) groups excluding carboxylic acids is 2. The zero-order valence-corrected chi connectivity index (χ0v) is 9.54. The topological polar surface area (TPSA) is 76.0 Å². The lowest BCUT2D eigenvalue weighted by Crippen LogP contribution is -2.26. The van der Waals surface area contributed by atoms with E-state index in [0.717, 1.165) is 0 Å². The summed E-state index contributed by atoms with van der Waals surface area (Å²) in [4.78, 5) is 33.1. The van der Waals surface area contributed by atoms with Gasteiger partial charge in [0.15, 0.2) is 0 Å². The molecular formula is C11H12N2O4. The molecule has 0 N–H and O–H groups in total. The summed E-state index contributed by atoms with van der Waals surface area (Å²) < 4.78 is 5.01. The minimum absolute atomic E-state index is 0.219. The number of rotatable bonds is 5. The molecule has 0 atom stereocenters. The molecule has 17 heavy (non-hydrogen) atoms. The lowest BCUT2D eigenvalue weighted by Gasteiger charge is -2.15. The van der Waals surface area contributed by atoms with Gasteiger partial charge in [-0.05, 0) is 19.1 Å². The molecule has 0 aliphatic rings. The van der Waals surface area contributed by atoms with Gasteiger partial charge in [0.1, 0.15) is 17.2 Å². The molecule has 0 saturated heterocycles. The molecule has 0 saturated carbocycles. The molecule has 0 spiro atoms. The van der Waals surface area contributed by atoms with Crippen LogP contribution in [0.15, 0.2) is 29.6 Å². The minimum Gasteiger partial charge on any atom is -0.494 e. The van der Waals surface area contributed by atoms with E-state index < -0.39 is 5.91 Å². The lowest BCUT2D eigenvalue weighted by molar-refractivity contribution is -0.125. The molecule has 0 unspecified atom stereocenters. The molecule has 0 aliphatic carbocycles. The fourth-order valence-electron chi connectivity index (χ4n) is 1.32. The number of hydrogen-bond acceptors (Lipinski definition) is 5. The number of ether oxygens (including phenoxy) is 1. The van der Waals surface area contributed by atoms with Gasteiger partial charge in [0.05, 0.1) is 18.8 Å². The number of anilines is 1. The van der Waals surface area contributed by atoms with Gasteiger partial charge in [-0.2, -0.15) is 5.01 Å². The number of Topliss-reactive ketones (excluding diaryl/α,β-unsaturated/α-hetero) is 1. The van der Waals surface area contributed by atoms with Crippen LogP contribution in [0.3, 0.4) is 0 Å². The molecule has 0 fully saturated rings. The van der Waals surface area contributed by atoms with Crippen molar-refractivity contribution in [2.45, 2.75) is 13.3 Å². The smallest absolute Gasteiger partial charge is 0.257 e. The van der Waals surface area contributed by atoms with Crippen molar-refractivity contribution in [3.8, 4) is 5.75 Å². The van der Waals surface area contributed by atoms with Crippen molar-refractivity contribution in [1.82, 2.24) is 0 Å². The van der Waals surface area contributed by atoms with E-state index in [1.54, 1.807) is 18.2 Å². The van der Waals surface area contributed by atoms with Crippen LogP contribution in [0.1, 0.15) is 13.3 Å². The van der Waals surface area contributed by atoms with Gasteiger partial charge in [-0.25, -0.2) is 0 Å². The Balaban J connectivity index is 3.04. The maximum absolute atomic E-state index is 11.6. The number of amides is 1. The first-order valence-corrected chi connectivity index (χ1v) is 4.88. The quantitative estimate of drug-likeness (QED) is 0.443. The number of ketones is 1. The number of para-hydroxylation sites is 2. The standard InChI is InChI=1S/C11H12N2O4/c1-8(14)7-11(15)13(12-16)9-5-3-4-6-10(9)17-2/h3-6H,7H2,1-2H3. The molecule has 0 heterocycles. The Bertz CT molecular complexity index is 445. The fraction of sp³-hybridized carbons (Fsp3) is 0.273. The third-order valence-corrected chi connectivity index (χ3v) is 2.03. The monoisotopic (exact) mass is 236 g/mol. The summed E-state index contributed by atoms with van der Waals surface area (Å²) in [5, 5.41) is 3.25. The van der Waals surface area contributed by atoms with Crippen molar-refractivity contribution in [3.05, 3.63) is 29.2 Å². The largest absolute Gasteiger partial charge is 0.494 e. The van der Waals surface area contributed by atoms with Gasteiger partial charge in [-0.15, -0.1) is 4.91 Å². The maximum Gasteiger partial charge on any atom is 0.257 e. The molecule has 6 heteroatoms. The zero-order valence-electron chi connectivity index (χ0n) is 9.54. The lowest BCUT2D eigenvalue weighted by atomic mass is 10.2. The third kappa shape index (κ3) is 3.10. The summed E-state index contributed by atoms with van der Waals surface area (Å²) in [5.74, 6) is -0.681. The maximum atomic E-state index is 11.6. The number of benzene rings is 1. The van der Waals surface area contributed by atoms with E-state index in [0.29, 0.717) is 10.8 Å². The van der Waals surface area contributed by atoms with Crippen LogP contribution in [0.5, 0.6) is 5.75 Å². The highest BCUT2D eigenvalue weighted by Crippen LogP contribution is 2.28. The Kier molecular flexibility index (Phi) is 4.33. The summed E-state index contributed by atoms with van der Waals surface area (Å²) in [7, 11) is 1.41. The van der Waals surface area contributed by atoms with Crippen molar-refractivity contribution in [2.24, 2.45) is 5.29 Å². The Morgan fingerprint density at radius 3 is 2.53 bits per heavy atom. The fourth-order valence-corrected chi connectivity index (χ4v) is 1.32. The van der Waals surface area contributed by atoms with E-state index >= 15 is 0 Å². The second-order valence-corrected chi connectivity index (χ2v) is 3.34. The summed E-state index contributed by atoms with van der Waals surface area (Å²) in [5.41, 5.74) is 0.219. The molecule has 0 aliphatic heterocycles. The van der Waals surface area contributed by atoms with E-state index in [4.69, 9.17) is 4.74 Å². The van der Waals surface area contributed by atoms with Gasteiger partial charge in [-0.3, -0.25) is 9.59 Å². The number of nitroso groups, excluding NO2 is 1. The first kappa shape index (κ1) is 12.8. The summed E-state index contributed by atoms with van der Waals surface area (Å²) in [6.07, 6.45) is -0.371. The van der Waals surface area contributed by atoms with Crippen LogP contribution in [-0.4, -0.2) is 18.8 Å². The van der Waals surface area contributed by atoms with Gasteiger partial charge >= 0.3 is 0 Å². The second kappa shape index (κ2) is 5.74. The normalized spacial score (nSPS) is 9.53. The number of methoxy groups -OCH3 is 1. The summed E-state index contributed by atoms with van der Waals surface area (Å²) >= 11 is 0. The number of nitrogens with zero attached hydrogens (tertiary/aromatic N) is 2. The van der Waals surface area contributed by atoms with Crippen LogP contribution in [0.25, 0.3) is 0 Å². The van der Waals surface area contributed by atoms with Gasteiger partial charge in [0.2, 0.25) is 0 Å². The number of carbonyl (C=O) groups is 2. The summed E-state index contributed by atoms with van der Waals surface area (Å²) in [6, 6.07) is 6.44. The summed E-state index contributed by atoms with van der Waals surface area (Å²) in [6.45, 7) is 1.27. The molecule has 90 valence electrons. The highest BCUT2D eigenvalue weighted by Gasteiger charge is 2.21. The van der Waals surface area contributed by atoms with E-state index in [9.17, 15) is 14.5 Å². The van der Waals surface area contributed by atoms with Crippen molar-refractivity contribution in [1.29, 1.82) is 0 Å². The average molecular weight is 236 g/mol. The Labute approximate surface area is 98.1 Å². The molecule has 0 radical (unpaired) electrons. The molecule has 1 aromatic carbocycles. The van der Waals surface area contributed by atoms with E-state index in [2.05, 4.69) is 5.29 Å². The van der Waals surface area contributed by atoms with Crippen LogP contribution < -0.4 is 9.75 Å². The van der Waals surface area contributed by atoms with Gasteiger partial charge in [0, 0.05) is 0 Å². The van der Waals surface area contributed by atoms with Crippen LogP contribution in [-0.2, 0) is 9.59 Å². The molecule has 0 bridgehead atoms. The molecular weight excluding hydrogens is 224 g/mol. The van der Waals surface area contributed by atoms with Crippen LogP contribution in [0, 0.1) is 4.91 Å². The molecule has 1 aromatic rings. The van der Waals surface area contributed by atoms with E-state index in [1.807, 2.05) is 0 Å². The first-order valence-electron chi connectivity index (χ1n) is 4.88. The van der Waals surface area contributed by atoms with Crippen molar-refractivity contribution in [2.75, 3.05) is 12.1 Å². The van der Waals surface area contributed by atoms with Crippen molar-refractivity contribution in [3.63, 3.8) is 0 Å². The molecule has 0 aromatic heterocycles. The van der Waals surface area contributed by atoms with Gasteiger partial charge < -0.3 is 4.74 Å². The zero-order chi connectivity index (χ0) is 12.8. The minimum atomic E-state index is -0.683. The van der Waals surface area contributed by atoms with E-state index in [1.165, 1.54) is 20.1 Å². The van der Waals surface area contributed by atoms with Gasteiger partial charge in [0.25, 0.3) is 5.91 Å². The first-order chi connectivity index (χ1) is 8.10. The Morgan fingerprint density at radius 2 is 2.00 bits per heavy atom. The van der Waals surface area contributed by atoms with Crippen LogP contribution >= 0.6 is 0 Å². The van der Waals surface area contributed by atoms with E-state index in [-0.39, 0.29) is 17.9 Å². The molecule has 1 rings (SSSR count). The molecule has 1 amide bonds. The van der Waals surface area contributed by atoms with Gasteiger partial charge in [-0.1, -0.05) is 12.1 Å². The van der Waals surface area contributed by atoms with Crippen molar-refractivity contribution >= 4 is 17.4 Å². The highest BCUT2D eigenvalue weighted by atomic mass is 16.5. The molecule has 6 nitrogen and oxygen atoms in total. The number of hydrogen-bond donors (Lipinski definition) is 0. The third-order valence-electron chi connectivity index (χ3n) is 2.03. The predicted molar refractivity (Wildman–Crippen MR) is 61.6 cm³/mol. The highest BCUT2D eigenvalue weighted by molar-refractivity contribution is 6.05. The second-order valence-electron chi connectivity index (χ2n) is 3.34. The van der Waals surface area contributed by atoms with Crippen LogP contribution in [0.2, 0.25) is 0 Å². The Morgan fingerprint density at radius 1 is 1.35 bits per heavy atom. The van der Waals surface area contributed by atoms with Crippen molar-refractivity contribution < 1.29 is 14.3 Å². The SMILES string of the molecule is COc1ccccc1N(N=O)C(=O)CC(C)=O. The predicted octanol–water partition coefficient (Wildman–Crippen LogP) is 1.69.